The molecule has 1 atom stereocenters. The molecule has 0 radical (unpaired) electrons. The summed E-state index contributed by atoms with van der Waals surface area (Å²) in [5.41, 5.74) is 3.33. The third-order valence-electron chi connectivity index (χ3n) is 3.17. The van der Waals surface area contributed by atoms with Gasteiger partial charge in [0.05, 0.1) is 5.38 Å². The molecular weight excluding hydrogens is 277 g/mol. The lowest BCUT2D eigenvalue weighted by Crippen LogP contribution is -2.21. The zero-order valence-corrected chi connectivity index (χ0v) is 12.6. The SMILES string of the molecule is Cc1cc(C(Cl)CN(C)c2ccccc2)ccc1Cl. The quantitative estimate of drug-likeness (QED) is 0.712. The topological polar surface area (TPSA) is 3.24 Å². The molecule has 19 heavy (non-hydrogen) atoms. The highest BCUT2D eigenvalue weighted by Crippen LogP contribution is 2.27. The Kier molecular flexibility index (Phi) is 4.73. The first-order chi connectivity index (χ1) is 9.08. The van der Waals surface area contributed by atoms with E-state index in [2.05, 4.69) is 23.1 Å². The summed E-state index contributed by atoms with van der Waals surface area (Å²) < 4.78 is 0. The molecule has 0 aliphatic heterocycles. The molecule has 0 aliphatic carbocycles. The second-order valence-electron chi connectivity index (χ2n) is 4.69. The molecule has 0 heterocycles. The van der Waals surface area contributed by atoms with Crippen LogP contribution < -0.4 is 4.90 Å². The maximum absolute atomic E-state index is 6.49. The van der Waals surface area contributed by atoms with Gasteiger partial charge in [-0.3, -0.25) is 0 Å². The van der Waals surface area contributed by atoms with Gasteiger partial charge in [-0.05, 0) is 36.2 Å². The standard InChI is InChI=1S/C16H17Cl2N/c1-12-10-13(8-9-15(12)17)16(18)11-19(2)14-6-4-3-5-7-14/h3-10,16H,11H2,1-2H3. The van der Waals surface area contributed by atoms with Crippen molar-refractivity contribution in [2.75, 3.05) is 18.5 Å². The van der Waals surface area contributed by atoms with Gasteiger partial charge in [0.15, 0.2) is 0 Å². The number of hydrogen-bond donors (Lipinski definition) is 0. The Labute approximate surface area is 124 Å². The molecule has 0 amide bonds. The van der Waals surface area contributed by atoms with Crippen LogP contribution in [-0.2, 0) is 0 Å². The largest absolute Gasteiger partial charge is 0.373 e. The van der Waals surface area contributed by atoms with E-state index in [9.17, 15) is 0 Å². The van der Waals surface area contributed by atoms with Crippen molar-refractivity contribution in [3.05, 3.63) is 64.7 Å². The number of nitrogens with zero attached hydrogens (tertiary/aromatic N) is 1. The highest BCUT2D eigenvalue weighted by atomic mass is 35.5. The molecular formula is C16H17Cl2N. The fourth-order valence-electron chi connectivity index (χ4n) is 2.00. The van der Waals surface area contributed by atoms with Gasteiger partial charge in [-0.25, -0.2) is 0 Å². The Hall–Kier alpha value is -1.18. The average Bonchev–Trinajstić information content (AvgIpc) is 2.42. The number of halogens is 2. The first-order valence-corrected chi connectivity index (χ1v) is 7.05. The Morgan fingerprint density at radius 3 is 2.42 bits per heavy atom. The number of rotatable bonds is 4. The van der Waals surface area contributed by atoms with Crippen LogP contribution >= 0.6 is 23.2 Å². The van der Waals surface area contributed by atoms with Crippen molar-refractivity contribution in [3.63, 3.8) is 0 Å². The Balaban J connectivity index is 2.08. The maximum atomic E-state index is 6.49. The number of likely N-dealkylation sites (N-methyl/N-ethyl adjacent to an activating group) is 1. The average molecular weight is 294 g/mol. The van der Waals surface area contributed by atoms with Crippen LogP contribution in [0.3, 0.4) is 0 Å². The predicted octanol–water partition coefficient (Wildman–Crippen LogP) is 5.06. The first-order valence-electron chi connectivity index (χ1n) is 6.24. The molecule has 0 aromatic heterocycles. The lowest BCUT2D eigenvalue weighted by atomic mass is 10.1. The van der Waals surface area contributed by atoms with E-state index in [1.165, 1.54) is 5.69 Å². The Bertz CT molecular complexity index is 540. The van der Waals surface area contributed by atoms with E-state index in [1.54, 1.807) is 0 Å². The van der Waals surface area contributed by atoms with Gasteiger partial charge in [0.1, 0.15) is 0 Å². The molecule has 0 bridgehead atoms. The molecule has 0 spiro atoms. The molecule has 0 saturated heterocycles. The summed E-state index contributed by atoms with van der Waals surface area (Å²) in [4.78, 5) is 2.15. The van der Waals surface area contributed by atoms with Gasteiger partial charge in [0, 0.05) is 24.3 Å². The summed E-state index contributed by atoms with van der Waals surface area (Å²) in [7, 11) is 2.05. The van der Waals surface area contributed by atoms with Crippen molar-refractivity contribution >= 4 is 28.9 Å². The molecule has 1 unspecified atom stereocenters. The van der Waals surface area contributed by atoms with Crippen LogP contribution in [0, 0.1) is 6.92 Å². The van der Waals surface area contributed by atoms with Gasteiger partial charge in [0.25, 0.3) is 0 Å². The van der Waals surface area contributed by atoms with Crippen LogP contribution in [-0.4, -0.2) is 13.6 Å². The smallest absolute Gasteiger partial charge is 0.0760 e. The van der Waals surface area contributed by atoms with Crippen LogP contribution in [0.1, 0.15) is 16.5 Å². The minimum Gasteiger partial charge on any atom is -0.373 e. The summed E-state index contributed by atoms with van der Waals surface area (Å²) in [5.74, 6) is 0. The third-order valence-corrected chi connectivity index (χ3v) is 3.99. The van der Waals surface area contributed by atoms with Crippen molar-refractivity contribution in [1.82, 2.24) is 0 Å². The minimum absolute atomic E-state index is 0.0545. The monoisotopic (exact) mass is 293 g/mol. The van der Waals surface area contributed by atoms with Crippen molar-refractivity contribution in [1.29, 1.82) is 0 Å². The van der Waals surface area contributed by atoms with Crippen LogP contribution in [0.5, 0.6) is 0 Å². The lowest BCUT2D eigenvalue weighted by molar-refractivity contribution is 0.850. The van der Waals surface area contributed by atoms with E-state index in [-0.39, 0.29) is 5.38 Å². The van der Waals surface area contributed by atoms with Gasteiger partial charge in [0.2, 0.25) is 0 Å². The summed E-state index contributed by atoms with van der Waals surface area (Å²) in [5, 5.41) is 0.727. The molecule has 2 aromatic rings. The number of para-hydroxylation sites is 1. The zero-order valence-electron chi connectivity index (χ0n) is 11.1. The third kappa shape index (κ3) is 3.65. The summed E-state index contributed by atoms with van der Waals surface area (Å²) >= 11 is 12.5. The van der Waals surface area contributed by atoms with Gasteiger partial charge in [-0.15, -0.1) is 11.6 Å². The van der Waals surface area contributed by atoms with Crippen molar-refractivity contribution in [3.8, 4) is 0 Å². The van der Waals surface area contributed by atoms with Crippen LogP contribution in [0.25, 0.3) is 0 Å². The summed E-state index contributed by atoms with van der Waals surface area (Å²) in [6.45, 7) is 2.75. The highest BCUT2D eigenvalue weighted by molar-refractivity contribution is 6.31. The number of aryl methyl sites for hydroxylation is 1. The van der Waals surface area contributed by atoms with Crippen molar-refractivity contribution in [2.24, 2.45) is 0 Å². The van der Waals surface area contributed by atoms with Gasteiger partial charge in [-0.1, -0.05) is 41.9 Å². The molecule has 2 rings (SSSR count). The molecule has 2 aromatic carbocycles. The van der Waals surface area contributed by atoms with E-state index in [1.807, 2.05) is 44.3 Å². The highest BCUT2D eigenvalue weighted by Gasteiger charge is 2.12. The Morgan fingerprint density at radius 2 is 1.79 bits per heavy atom. The zero-order chi connectivity index (χ0) is 13.8. The molecule has 3 heteroatoms. The molecule has 0 saturated carbocycles. The lowest BCUT2D eigenvalue weighted by Gasteiger charge is -2.22. The van der Waals surface area contributed by atoms with Gasteiger partial charge in [-0.2, -0.15) is 0 Å². The maximum Gasteiger partial charge on any atom is 0.0760 e. The minimum atomic E-state index is -0.0545. The predicted molar refractivity (Wildman–Crippen MR) is 84.5 cm³/mol. The van der Waals surface area contributed by atoms with Crippen LogP contribution in [0.2, 0.25) is 5.02 Å². The molecule has 0 aliphatic rings. The van der Waals surface area contributed by atoms with E-state index < -0.39 is 0 Å². The van der Waals surface area contributed by atoms with Crippen molar-refractivity contribution in [2.45, 2.75) is 12.3 Å². The fourth-order valence-corrected chi connectivity index (χ4v) is 2.46. The fraction of sp³-hybridized carbons (Fsp3) is 0.250. The normalized spacial score (nSPS) is 12.2. The van der Waals surface area contributed by atoms with E-state index in [0.29, 0.717) is 0 Å². The molecule has 0 fully saturated rings. The molecule has 1 nitrogen and oxygen atoms in total. The summed E-state index contributed by atoms with van der Waals surface area (Å²) in [6, 6.07) is 16.2. The second kappa shape index (κ2) is 6.31. The van der Waals surface area contributed by atoms with Gasteiger partial charge >= 0.3 is 0 Å². The first kappa shape index (κ1) is 14.2. The second-order valence-corrected chi connectivity index (χ2v) is 5.63. The number of anilines is 1. The number of alkyl halides is 1. The van der Waals surface area contributed by atoms with E-state index >= 15 is 0 Å². The van der Waals surface area contributed by atoms with Gasteiger partial charge < -0.3 is 4.90 Å². The van der Waals surface area contributed by atoms with E-state index in [0.717, 1.165) is 22.7 Å². The van der Waals surface area contributed by atoms with Crippen LogP contribution in [0.15, 0.2) is 48.5 Å². The number of hydrogen-bond acceptors (Lipinski definition) is 1. The van der Waals surface area contributed by atoms with Crippen molar-refractivity contribution < 1.29 is 0 Å². The molecule has 0 N–H and O–H groups in total. The molecule has 100 valence electrons. The van der Waals surface area contributed by atoms with E-state index in [4.69, 9.17) is 23.2 Å². The Morgan fingerprint density at radius 1 is 1.11 bits per heavy atom. The van der Waals surface area contributed by atoms with Crippen LogP contribution in [0.4, 0.5) is 5.69 Å². The number of benzene rings is 2. The summed E-state index contributed by atoms with van der Waals surface area (Å²) in [6.07, 6.45) is 0.